The fraction of sp³-hybridized carbons (Fsp3) is 0.214. The molecule has 0 bridgehead atoms. The Morgan fingerprint density at radius 2 is 1.78 bits per heavy atom. The number of thiocarbonyl (C=S) groups is 1. The lowest BCUT2D eigenvalue weighted by molar-refractivity contribution is 0.174. The van der Waals surface area contributed by atoms with Gasteiger partial charge in [0.1, 0.15) is 0 Å². The highest BCUT2D eigenvalue weighted by Gasteiger charge is 2.43. The van der Waals surface area contributed by atoms with E-state index in [1.165, 1.54) is 11.1 Å². The maximum Gasteiger partial charge on any atom is 0.231 e. The van der Waals surface area contributed by atoms with Crippen LogP contribution in [0.1, 0.15) is 40.3 Å². The third-order valence-electron chi connectivity index (χ3n) is 7.10. The van der Waals surface area contributed by atoms with Crippen molar-refractivity contribution in [2.24, 2.45) is 0 Å². The minimum Gasteiger partial charge on any atom is -0.454 e. The largest absolute Gasteiger partial charge is 0.454 e. The number of nitrogens with zero attached hydrogens (tertiary/aromatic N) is 3. The first kappa shape index (κ1) is 22.9. The molecule has 6 nitrogen and oxygen atoms in total. The molecule has 2 aromatic heterocycles. The van der Waals surface area contributed by atoms with Crippen molar-refractivity contribution in [1.29, 1.82) is 0 Å². The normalized spacial score (nSPS) is 18.6. The predicted octanol–water partition coefficient (Wildman–Crippen LogP) is 6.36. The molecule has 0 unspecified atom stereocenters. The van der Waals surface area contributed by atoms with Gasteiger partial charge in [0.25, 0.3) is 0 Å². The van der Waals surface area contributed by atoms with E-state index >= 15 is 0 Å². The van der Waals surface area contributed by atoms with Crippen molar-refractivity contribution < 1.29 is 9.47 Å². The van der Waals surface area contributed by atoms with Gasteiger partial charge in [-0.15, -0.1) is 0 Å². The number of pyridine rings is 1. The third-order valence-corrected chi connectivity index (χ3v) is 7.65. The zero-order valence-corrected chi connectivity index (χ0v) is 21.7. The first-order chi connectivity index (χ1) is 17.4. The molecule has 2 atom stereocenters. The van der Waals surface area contributed by atoms with Crippen LogP contribution in [0, 0.1) is 20.8 Å². The summed E-state index contributed by atoms with van der Waals surface area (Å²) >= 11 is 12.3. The van der Waals surface area contributed by atoms with Gasteiger partial charge in [0, 0.05) is 45.6 Å². The molecule has 182 valence electrons. The summed E-state index contributed by atoms with van der Waals surface area (Å²) < 4.78 is 13.5. The molecule has 0 spiro atoms. The lowest BCUT2D eigenvalue weighted by Gasteiger charge is -2.29. The number of hydrogen-bond donors (Lipinski definition) is 1. The van der Waals surface area contributed by atoms with Gasteiger partial charge in [0.2, 0.25) is 6.79 Å². The van der Waals surface area contributed by atoms with Crippen LogP contribution in [-0.2, 0) is 0 Å². The third kappa shape index (κ3) is 3.62. The van der Waals surface area contributed by atoms with Gasteiger partial charge < -0.3 is 24.3 Å². The predicted molar refractivity (Wildman–Crippen MR) is 145 cm³/mol. The average molecular weight is 517 g/mol. The molecule has 36 heavy (non-hydrogen) atoms. The second-order valence-corrected chi connectivity index (χ2v) is 9.88. The molecule has 0 amide bonds. The molecular weight excluding hydrogens is 492 g/mol. The van der Waals surface area contributed by atoms with Crippen molar-refractivity contribution in [3.05, 3.63) is 100 Å². The van der Waals surface area contributed by atoms with E-state index in [1.807, 2.05) is 60.8 Å². The molecule has 4 heterocycles. The van der Waals surface area contributed by atoms with Crippen LogP contribution in [0.15, 0.2) is 66.9 Å². The van der Waals surface area contributed by atoms with E-state index in [4.69, 9.17) is 38.3 Å². The average Bonchev–Trinajstić information content (AvgIpc) is 3.54. The number of ether oxygens (including phenoxy) is 2. The lowest BCUT2D eigenvalue weighted by Crippen LogP contribution is -2.29. The van der Waals surface area contributed by atoms with Crippen LogP contribution in [0.25, 0.3) is 5.69 Å². The fourth-order valence-corrected chi connectivity index (χ4v) is 5.94. The van der Waals surface area contributed by atoms with Gasteiger partial charge in [0.05, 0.1) is 17.8 Å². The Morgan fingerprint density at radius 3 is 2.56 bits per heavy atom. The quantitative estimate of drug-likeness (QED) is 0.319. The van der Waals surface area contributed by atoms with E-state index in [0.717, 1.165) is 40.0 Å². The van der Waals surface area contributed by atoms with Crippen molar-refractivity contribution in [2.45, 2.75) is 32.9 Å². The monoisotopic (exact) mass is 516 g/mol. The van der Waals surface area contributed by atoms with Gasteiger partial charge in [-0.3, -0.25) is 4.98 Å². The summed E-state index contributed by atoms with van der Waals surface area (Å²) in [4.78, 5) is 6.87. The van der Waals surface area contributed by atoms with Gasteiger partial charge in [-0.25, -0.2) is 0 Å². The van der Waals surface area contributed by atoms with Crippen LogP contribution in [0.2, 0.25) is 5.02 Å². The van der Waals surface area contributed by atoms with Crippen LogP contribution in [0.4, 0.5) is 5.69 Å². The van der Waals surface area contributed by atoms with Crippen molar-refractivity contribution in [1.82, 2.24) is 14.9 Å². The molecule has 2 aliphatic heterocycles. The first-order valence-corrected chi connectivity index (χ1v) is 12.6. The summed E-state index contributed by atoms with van der Waals surface area (Å²) in [6, 6.07) is 19.6. The molecular formula is C28H25ClN4O2S. The Morgan fingerprint density at radius 1 is 0.944 bits per heavy atom. The SMILES string of the molecule is Cc1c([C@@H]2[C@H](c3ccccn3)NC(=S)N2c2ccc3c(c2)OCO3)c(C)n(-c2cccc(Cl)c2)c1C. The van der Waals surface area contributed by atoms with Gasteiger partial charge >= 0.3 is 0 Å². The van der Waals surface area contributed by atoms with E-state index in [-0.39, 0.29) is 18.9 Å². The Hall–Kier alpha value is -3.55. The highest BCUT2D eigenvalue weighted by molar-refractivity contribution is 7.80. The minimum atomic E-state index is -0.142. The molecule has 1 saturated heterocycles. The second-order valence-electron chi connectivity index (χ2n) is 9.06. The van der Waals surface area contributed by atoms with Crippen LogP contribution in [0.5, 0.6) is 11.5 Å². The number of benzene rings is 2. The highest BCUT2D eigenvalue weighted by Crippen LogP contribution is 2.47. The first-order valence-electron chi connectivity index (χ1n) is 11.8. The summed E-state index contributed by atoms with van der Waals surface area (Å²) in [5, 5.41) is 4.90. The summed E-state index contributed by atoms with van der Waals surface area (Å²) in [6.07, 6.45) is 1.82. The number of halogens is 1. The number of rotatable bonds is 4. The molecule has 2 aromatic carbocycles. The van der Waals surface area contributed by atoms with Gasteiger partial charge in [-0.1, -0.05) is 23.7 Å². The van der Waals surface area contributed by atoms with Crippen LogP contribution < -0.4 is 19.7 Å². The fourth-order valence-electron chi connectivity index (χ4n) is 5.41. The summed E-state index contributed by atoms with van der Waals surface area (Å²) in [5.41, 5.74) is 7.60. The highest BCUT2D eigenvalue weighted by atomic mass is 35.5. The molecule has 2 aliphatic rings. The molecule has 0 saturated carbocycles. The van der Waals surface area contributed by atoms with E-state index in [2.05, 4.69) is 41.6 Å². The Balaban J connectivity index is 1.55. The number of anilines is 1. The standard InChI is InChI=1S/C28H25ClN4O2S/c1-16-17(2)32(20-8-6-7-19(29)13-20)18(3)25(16)27-26(22-9-4-5-12-30-22)31-28(36)33(27)21-10-11-23-24(14-21)35-15-34-23/h4-14,26-27H,15H2,1-3H3,(H,31,36)/t26-,27+/m0/s1. The topological polar surface area (TPSA) is 51.6 Å². The molecule has 8 heteroatoms. The van der Waals surface area contributed by atoms with E-state index in [1.54, 1.807) is 0 Å². The smallest absolute Gasteiger partial charge is 0.231 e. The van der Waals surface area contributed by atoms with Gasteiger partial charge in [-0.05, 0) is 81.0 Å². The van der Waals surface area contributed by atoms with E-state index in [0.29, 0.717) is 10.1 Å². The second kappa shape index (κ2) is 8.84. The van der Waals surface area contributed by atoms with Crippen molar-refractivity contribution in [3.8, 4) is 17.2 Å². The minimum absolute atomic E-state index is 0.132. The van der Waals surface area contributed by atoms with Gasteiger partial charge in [0.15, 0.2) is 16.6 Å². The number of nitrogens with one attached hydrogen (secondary N) is 1. The van der Waals surface area contributed by atoms with Crippen molar-refractivity contribution in [2.75, 3.05) is 11.7 Å². The van der Waals surface area contributed by atoms with E-state index in [9.17, 15) is 0 Å². The molecule has 6 rings (SSSR count). The maximum absolute atomic E-state index is 6.37. The maximum atomic E-state index is 6.37. The lowest BCUT2D eigenvalue weighted by atomic mass is 9.93. The molecule has 1 fully saturated rings. The van der Waals surface area contributed by atoms with Crippen LogP contribution >= 0.6 is 23.8 Å². The number of hydrogen-bond acceptors (Lipinski definition) is 4. The Kier molecular flexibility index (Phi) is 5.62. The summed E-state index contributed by atoms with van der Waals surface area (Å²) in [6.45, 7) is 6.70. The zero-order chi connectivity index (χ0) is 25.0. The zero-order valence-electron chi connectivity index (χ0n) is 20.2. The molecule has 0 radical (unpaired) electrons. The molecule has 4 aromatic rings. The number of fused-ring (bicyclic) bond motifs is 1. The number of aromatic nitrogens is 2. The van der Waals surface area contributed by atoms with Crippen molar-refractivity contribution >= 4 is 34.6 Å². The summed E-state index contributed by atoms with van der Waals surface area (Å²) in [7, 11) is 0. The Bertz CT molecular complexity index is 1490. The van der Waals surface area contributed by atoms with Gasteiger partial charge in [-0.2, -0.15) is 0 Å². The van der Waals surface area contributed by atoms with Crippen molar-refractivity contribution in [3.63, 3.8) is 0 Å². The molecule has 0 aliphatic carbocycles. The van der Waals surface area contributed by atoms with Crippen LogP contribution in [-0.4, -0.2) is 21.5 Å². The van der Waals surface area contributed by atoms with E-state index < -0.39 is 0 Å². The van der Waals surface area contributed by atoms with Crippen LogP contribution in [0.3, 0.4) is 0 Å². The summed E-state index contributed by atoms with van der Waals surface area (Å²) in [5.74, 6) is 1.46. The Labute approximate surface area is 220 Å². The molecule has 1 N–H and O–H groups in total.